The lowest BCUT2D eigenvalue weighted by molar-refractivity contribution is -0.143. The monoisotopic (exact) mass is 249 g/mol. The molecule has 1 aromatic carbocycles. The van der Waals surface area contributed by atoms with Gasteiger partial charge < -0.3 is 9.72 Å². The normalized spacial score (nSPS) is 10.8. The minimum absolute atomic E-state index is 0.181. The molecular formula is C14H16FNO2. The first kappa shape index (κ1) is 12.6. The summed E-state index contributed by atoms with van der Waals surface area (Å²) >= 11 is 0. The van der Waals surface area contributed by atoms with E-state index in [1.54, 1.807) is 13.0 Å². The highest BCUT2D eigenvalue weighted by molar-refractivity contribution is 5.83. The highest BCUT2D eigenvalue weighted by Crippen LogP contribution is 2.20. The number of carbonyl (C=O) groups excluding carboxylic acids is 1. The number of carbonyl (C=O) groups is 1. The van der Waals surface area contributed by atoms with E-state index in [-0.39, 0.29) is 11.8 Å². The zero-order chi connectivity index (χ0) is 13.0. The van der Waals surface area contributed by atoms with Crippen LogP contribution in [0.1, 0.15) is 25.3 Å². The highest BCUT2D eigenvalue weighted by atomic mass is 19.1. The molecule has 0 spiro atoms. The van der Waals surface area contributed by atoms with Gasteiger partial charge in [-0.25, -0.2) is 4.39 Å². The molecule has 0 bridgehead atoms. The van der Waals surface area contributed by atoms with Gasteiger partial charge in [-0.05, 0) is 36.6 Å². The number of aryl methyl sites for hydroxylation is 1. The highest BCUT2D eigenvalue weighted by Gasteiger charge is 2.05. The van der Waals surface area contributed by atoms with Crippen molar-refractivity contribution >= 4 is 16.9 Å². The Kier molecular flexibility index (Phi) is 3.97. The molecule has 0 saturated heterocycles. The van der Waals surface area contributed by atoms with Crippen LogP contribution >= 0.6 is 0 Å². The van der Waals surface area contributed by atoms with Gasteiger partial charge in [0.25, 0.3) is 0 Å². The zero-order valence-corrected chi connectivity index (χ0v) is 10.3. The van der Waals surface area contributed by atoms with Gasteiger partial charge in [0, 0.05) is 23.5 Å². The van der Waals surface area contributed by atoms with Crippen molar-refractivity contribution in [3.05, 3.63) is 35.8 Å². The largest absolute Gasteiger partial charge is 0.466 e. The van der Waals surface area contributed by atoms with Crippen molar-refractivity contribution < 1.29 is 13.9 Å². The lowest BCUT2D eigenvalue weighted by Gasteiger charge is -2.02. The number of halogens is 1. The fourth-order valence-corrected chi connectivity index (χ4v) is 1.91. The number of hydrogen-bond acceptors (Lipinski definition) is 2. The molecule has 0 aliphatic rings. The Balaban J connectivity index is 1.95. The van der Waals surface area contributed by atoms with Gasteiger partial charge in [-0.2, -0.15) is 0 Å². The topological polar surface area (TPSA) is 42.1 Å². The number of nitrogens with one attached hydrogen (secondary N) is 1. The third-order valence-electron chi connectivity index (χ3n) is 2.87. The Hall–Kier alpha value is -1.84. The second-order valence-electron chi connectivity index (χ2n) is 4.18. The maximum absolute atomic E-state index is 13.2. The number of hydrogen-bond donors (Lipinski definition) is 1. The van der Waals surface area contributed by atoms with Gasteiger partial charge in [0.1, 0.15) is 5.82 Å². The summed E-state index contributed by atoms with van der Waals surface area (Å²) in [5.74, 6) is -0.416. The number of aromatic amines is 1. The van der Waals surface area contributed by atoms with Crippen molar-refractivity contribution in [1.29, 1.82) is 0 Å². The summed E-state index contributed by atoms with van der Waals surface area (Å²) in [5, 5.41) is 0.900. The van der Waals surface area contributed by atoms with E-state index in [9.17, 15) is 9.18 Å². The third kappa shape index (κ3) is 2.88. The molecule has 1 heterocycles. The van der Waals surface area contributed by atoms with Crippen LogP contribution < -0.4 is 0 Å². The fraction of sp³-hybridized carbons (Fsp3) is 0.357. The lowest BCUT2D eigenvalue weighted by atomic mass is 10.1. The first-order valence-electron chi connectivity index (χ1n) is 6.12. The number of rotatable bonds is 5. The van der Waals surface area contributed by atoms with Crippen LogP contribution in [0.2, 0.25) is 0 Å². The van der Waals surface area contributed by atoms with Gasteiger partial charge in [-0.3, -0.25) is 4.79 Å². The number of ether oxygens (including phenoxy) is 1. The standard InChI is InChI=1S/C14H16FNO2/c1-2-14(17)18-7-3-4-10-9-16-13-6-5-11(15)8-12(10)13/h5-6,8-9,16H,2-4,7H2,1H3. The molecule has 96 valence electrons. The predicted octanol–water partition coefficient (Wildman–Crippen LogP) is 3.19. The summed E-state index contributed by atoms with van der Waals surface area (Å²) in [6.45, 7) is 2.18. The molecule has 1 N–H and O–H groups in total. The van der Waals surface area contributed by atoms with Crippen molar-refractivity contribution in [1.82, 2.24) is 4.98 Å². The Morgan fingerprint density at radius 3 is 3.06 bits per heavy atom. The molecule has 0 fully saturated rings. The Morgan fingerprint density at radius 1 is 1.44 bits per heavy atom. The molecule has 0 radical (unpaired) electrons. The Morgan fingerprint density at radius 2 is 2.28 bits per heavy atom. The predicted molar refractivity (Wildman–Crippen MR) is 67.8 cm³/mol. The number of H-pyrrole nitrogens is 1. The minimum atomic E-state index is -0.235. The van der Waals surface area contributed by atoms with E-state index in [1.807, 2.05) is 6.20 Å². The Bertz CT molecular complexity index is 548. The average molecular weight is 249 g/mol. The van der Waals surface area contributed by atoms with Crippen LogP contribution in [0.15, 0.2) is 24.4 Å². The maximum atomic E-state index is 13.2. The molecule has 1 aromatic heterocycles. The molecule has 0 aliphatic carbocycles. The van der Waals surface area contributed by atoms with E-state index in [4.69, 9.17) is 4.74 Å². The van der Waals surface area contributed by atoms with Crippen LogP contribution in [0.4, 0.5) is 4.39 Å². The van der Waals surface area contributed by atoms with E-state index in [0.717, 1.165) is 29.3 Å². The second kappa shape index (κ2) is 5.67. The lowest BCUT2D eigenvalue weighted by Crippen LogP contribution is -2.04. The van der Waals surface area contributed by atoms with Gasteiger partial charge in [0.05, 0.1) is 6.61 Å². The van der Waals surface area contributed by atoms with Crippen LogP contribution in [-0.4, -0.2) is 17.6 Å². The van der Waals surface area contributed by atoms with Crippen molar-refractivity contribution in [2.45, 2.75) is 26.2 Å². The van der Waals surface area contributed by atoms with Crippen LogP contribution in [0.25, 0.3) is 10.9 Å². The summed E-state index contributed by atoms with van der Waals surface area (Å²) in [6, 6.07) is 4.69. The summed E-state index contributed by atoms with van der Waals surface area (Å²) in [4.78, 5) is 14.1. The van der Waals surface area contributed by atoms with Crippen molar-refractivity contribution in [2.24, 2.45) is 0 Å². The zero-order valence-electron chi connectivity index (χ0n) is 10.3. The number of fused-ring (bicyclic) bond motifs is 1. The van der Waals surface area contributed by atoms with E-state index in [0.29, 0.717) is 13.0 Å². The van der Waals surface area contributed by atoms with Crippen molar-refractivity contribution in [2.75, 3.05) is 6.61 Å². The van der Waals surface area contributed by atoms with Crippen molar-refractivity contribution in [3.8, 4) is 0 Å². The molecule has 2 rings (SSSR count). The minimum Gasteiger partial charge on any atom is -0.466 e. The summed E-state index contributed by atoms with van der Waals surface area (Å²) in [7, 11) is 0. The smallest absolute Gasteiger partial charge is 0.305 e. The average Bonchev–Trinajstić information content (AvgIpc) is 2.77. The van der Waals surface area contributed by atoms with Crippen LogP contribution in [0.5, 0.6) is 0 Å². The third-order valence-corrected chi connectivity index (χ3v) is 2.87. The summed E-state index contributed by atoms with van der Waals surface area (Å²) < 4.78 is 18.2. The van der Waals surface area contributed by atoms with Gasteiger partial charge in [-0.15, -0.1) is 0 Å². The SMILES string of the molecule is CCC(=O)OCCCc1c[nH]c2ccc(F)cc12. The molecule has 0 amide bonds. The first-order chi connectivity index (χ1) is 8.70. The molecule has 0 atom stereocenters. The number of benzene rings is 1. The van der Waals surface area contributed by atoms with Gasteiger partial charge in [0.15, 0.2) is 0 Å². The first-order valence-corrected chi connectivity index (χ1v) is 6.12. The molecular weight excluding hydrogens is 233 g/mol. The second-order valence-corrected chi connectivity index (χ2v) is 4.18. The van der Waals surface area contributed by atoms with Crippen LogP contribution in [0.3, 0.4) is 0 Å². The van der Waals surface area contributed by atoms with Crippen LogP contribution in [-0.2, 0) is 16.0 Å². The number of aromatic nitrogens is 1. The van der Waals surface area contributed by atoms with E-state index in [1.165, 1.54) is 12.1 Å². The van der Waals surface area contributed by atoms with E-state index in [2.05, 4.69) is 4.98 Å². The summed E-state index contributed by atoms with van der Waals surface area (Å²) in [6.07, 6.45) is 3.79. The van der Waals surface area contributed by atoms with Gasteiger partial charge in [-0.1, -0.05) is 6.92 Å². The molecule has 0 aliphatic heterocycles. The summed E-state index contributed by atoms with van der Waals surface area (Å²) in [5.41, 5.74) is 1.98. The van der Waals surface area contributed by atoms with E-state index >= 15 is 0 Å². The van der Waals surface area contributed by atoms with Crippen LogP contribution in [0, 0.1) is 5.82 Å². The maximum Gasteiger partial charge on any atom is 0.305 e. The molecule has 18 heavy (non-hydrogen) atoms. The number of esters is 1. The molecule has 4 heteroatoms. The van der Waals surface area contributed by atoms with Crippen molar-refractivity contribution in [3.63, 3.8) is 0 Å². The molecule has 2 aromatic rings. The molecule has 0 unspecified atom stereocenters. The Labute approximate surface area is 105 Å². The molecule has 3 nitrogen and oxygen atoms in total. The molecule has 0 saturated carbocycles. The quantitative estimate of drug-likeness (QED) is 0.653. The fourth-order valence-electron chi connectivity index (χ4n) is 1.91. The van der Waals surface area contributed by atoms with Gasteiger partial charge >= 0.3 is 5.97 Å². The van der Waals surface area contributed by atoms with Gasteiger partial charge in [0.2, 0.25) is 0 Å². The van der Waals surface area contributed by atoms with E-state index < -0.39 is 0 Å².